The van der Waals surface area contributed by atoms with E-state index in [0.717, 1.165) is 17.9 Å². The van der Waals surface area contributed by atoms with Crippen molar-refractivity contribution in [3.63, 3.8) is 0 Å². The average molecular weight is 182 g/mol. The molecule has 0 saturated carbocycles. The van der Waals surface area contributed by atoms with Crippen LogP contribution in [-0.4, -0.2) is 25.7 Å². The van der Waals surface area contributed by atoms with Crippen molar-refractivity contribution in [2.24, 2.45) is 11.8 Å². The highest BCUT2D eigenvalue weighted by molar-refractivity contribution is 4.81. The Bertz CT molecular complexity index is 149. The lowest BCUT2D eigenvalue weighted by atomic mass is 9.88. The molecule has 3 unspecified atom stereocenters. The molecule has 0 aromatic heterocycles. The summed E-state index contributed by atoms with van der Waals surface area (Å²) >= 11 is 0. The maximum atomic E-state index is 3.54. The van der Waals surface area contributed by atoms with E-state index in [1.165, 1.54) is 45.3 Å². The van der Waals surface area contributed by atoms with Crippen LogP contribution in [-0.2, 0) is 0 Å². The van der Waals surface area contributed by atoms with Crippen molar-refractivity contribution in [3.8, 4) is 0 Å². The van der Waals surface area contributed by atoms with E-state index < -0.39 is 0 Å². The molecule has 76 valence electrons. The van der Waals surface area contributed by atoms with Gasteiger partial charge in [0.2, 0.25) is 0 Å². The van der Waals surface area contributed by atoms with E-state index in [2.05, 4.69) is 17.6 Å². The summed E-state index contributed by atoms with van der Waals surface area (Å²) in [5, 5.41) is 7.04. The molecule has 2 heteroatoms. The monoisotopic (exact) mass is 182 g/mol. The van der Waals surface area contributed by atoms with E-state index in [0.29, 0.717) is 0 Å². The smallest absolute Gasteiger partial charge is 0.00419 e. The lowest BCUT2D eigenvalue weighted by molar-refractivity contribution is 0.310. The number of piperidine rings is 1. The molecule has 0 aromatic rings. The van der Waals surface area contributed by atoms with Crippen molar-refractivity contribution in [3.05, 3.63) is 0 Å². The van der Waals surface area contributed by atoms with E-state index in [4.69, 9.17) is 0 Å². The molecule has 0 bridgehead atoms. The van der Waals surface area contributed by atoms with Gasteiger partial charge in [0, 0.05) is 6.04 Å². The van der Waals surface area contributed by atoms with Gasteiger partial charge in [-0.25, -0.2) is 0 Å². The molecule has 3 atom stereocenters. The lowest BCUT2D eigenvalue weighted by Crippen LogP contribution is -2.31. The van der Waals surface area contributed by atoms with Gasteiger partial charge in [-0.15, -0.1) is 0 Å². The summed E-state index contributed by atoms with van der Waals surface area (Å²) in [5.74, 6) is 1.92. The van der Waals surface area contributed by atoms with Gasteiger partial charge in [0.05, 0.1) is 0 Å². The normalized spacial score (nSPS) is 40.8. The summed E-state index contributed by atoms with van der Waals surface area (Å²) in [6, 6.07) is 0.765. The first-order chi connectivity index (χ1) is 6.34. The molecule has 2 N–H and O–H groups in total. The third kappa shape index (κ3) is 2.68. The number of hydrogen-bond donors (Lipinski definition) is 2. The Hall–Kier alpha value is -0.0800. The quantitative estimate of drug-likeness (QED) is 0.674. The Labute approximate surface area is 81.5 Å². The first kappa shape index (κ1) is 9.47. The molecule has 2 rings (SSSR count). The zero-order chi connectivity index (χ0) is 9.10. The second kappa shape index (κ2) is 4.43. The molecule has 0 amide bonds. The van der Waals surface area contributed by atoms with E-state index >= 15 is 0 Å². The van der Waals surface area contributed by atoms with Crippen LogP contribution in [0.25, 0.3) is 0 Å². The Morgan fingerprint density at radius 3 is 2.77 bits per heavy atom. The van der Waals surface area contributed by atoms with Gasteiger partial charge in [-0.1, -0.05) is 0 Å². The van der Waals surface area contributed by atoms with Crippen LogP contribution in [0.2, 0.25) is 0 Å². The van der Waals surface area contributed by atoms with E-state index in [1.807, 2.05) is 0 Å². The SMILES string of the molecule is CC1CC(CC2CCCNC2)CN1. The van der Waals surface area contributed by atoms with Crippen LogP contribution in [0.1, 0.15) is 32.6 Å². The van der Waals surface area contributed by atoms with Gasteiger partial charge in [-0.05, 0) is 64.1 Å². The number of nitrogens with one attached hydrogen (secondary N) is 2. The highest BCUT2D eigenvalue weighted by Gasteiger charge is 2.24. The maximum Gasteiger partial charge on any atom is 0.00419 e. The molecule has 2 heterocycles. The average Bonchev–Trinajstić information content (AvgIpc) is 2.53. The van der Waals surface area contributed by atoms with Crippen LogP contribution >= 0.6 is 0 Å². The third-order valence-corrected chi connectivity index (χ3v) is 3.51. The lowest BCUT2D eigenvalue weighted by Gasteiger charge is -2.24. The number of hydrogen-bond acceptors (Lipinski definition) is 2. The van der Waals surface area contributed by atoms with Crippen molar-refractivity contribution in [2.75, 3.05) is 19.6 Å². The summed E-state index contributed by atoms with van der Waals surface area (Å²) in [5.41, 5.74) is 0. The Morgan fingerprint density at radius 2 is 2.15 bits per heavy atom. The van der Waals surface area contributed by atoms with Crippen LogP contribution in [0.5, 0.6) is 0 Å². The summed E-state index contributed by atoms with van der Waals surface area (Å²) in [4.78, 5) is 0. The topological polar surface area (TPSA) is 24.1 Å². The minimum atomic E-state index is 0.765. The van der Waals surface area contributed by atoms with Crippen molar-refractivity contribution in [1.29, 1.82) is 0 Å². The van der Waals surface area contributed by atoms with Crippen molar-refractivity contribution in [2.45, 2.75) is 38.6 Å². The minimum absolute atomic E-state index is 0.765. The zero-order valence-electron chi connectivity index (χ0n) is 8.68. The van der Waals surface area contributed by atoms with Crippen molar-refractivity contribution < 1.29 is 0 Å². The Morgan fingerprint density at radius 1 is 1.23 bits per heavy atom. The summed E-state index contributed by atoms with van der Waals surface area (Å²) in [6.45, 7) is 6.08. The van der Waals surface area contributed by atoms with Crippen LogP contribution in [0.3, 0.4) is 0 Å². The fraction of sp³-hybridized carbons (Fsp3) is 1.00. The summed E-state index contributed by atoms with van der Waals surface area (Å²) < 4.78 is 0. The summed E-state index contributed by atoms with van der Waals surface area (Å²) in [6.07, 6.45) is 5.69. The van der Waals surface area contributed by atoms with Gasteiger partial charge in [0.15, 0.2) is 0 Å². The van der Waals surface area contributed by atoms with Crippen LogP contribution in [0.4, 0.5) is 0 Å². The van der Waals surface area contributed by atoms with Gasteiger partial charge in [-0.3, -0.25) is 0 Å². The molecule has 0 aliphatic carbocycles. The third-order valence-electron chi connectivity index (χ3n) is 3.51. The zero-order valence-corrected chi connectivity index (χ0v) is 8.68. The van der Waals surface area contributed by atoms with Crippen LogP contribution in [0, 0.1) is 11.8 Å². The highest BCUT2D eigenvalue weighted by Crippen LogP contribution is 2.25. The van der Waals surface area contributed by atoms with Gasteiger partial charge in [0.1, 0.15) is 0 Å². The molecule has 2 nitrogen and oxygen atoms in total. The molecule has 2 saturated heterocycles. The van der Waals surface area contributed by atoms with Gasteiger partial charge in [-0.2, -0.15) is 0 Å². The molecule has 0 aromatic carbocycles. The summed E-state index contributed by atoms with van der Waals surface area (Å²) in [7, 11) is 0. The fourth-order valence-electron chi connectivity index (χ4n) is 2.81. The minimum Gasteiger partial charge on any atom is -0.316 e. The molecule has 0 spiro atoms. The molecule has 13 heavy (non-hydrogen) atoms. The molecule has 0 radical (unpaired) electrons. The molecular weight excluding hydrogens is 160 g/mol. The largest absolute Gasteiger partial charge is 0.316 e. The molecule has 2 fully saturated rings. The second-order valence-electron chi connectivity index (χ2n) is 4.86. The Kier molecular flexibility index (Phi) is 3.23. The molecular formula is C11H22N2. The fourth-order valence-corrected chi connectivity index (χ4v) is 2.81. The first-order valence-corrected chi connectivity index (χ1v) is 5.78. The first-order valence-electron chi connectivity index (χ1n) is 5.78. The van der Waals surface area contributed by atoms with Crippen molar-refractivity contribution >= 4 is 0 Å². The van der Waals surface area contributed by atoms with Gasteiger partial charge < -0.3 is 10.6 Å². The Balaban J connectivity index is 1.71. The van der Waals surface area contributed by atoms with E-state index in [9.17, 15) is 0 Å². The predicted octanol–water partition coefficient (Wildman–Crippen LogP) is 1.37. The van der Waals surface area contributed by atoms with Crippen LogP contribution in [0.15, 0.2) is 0 Å². The van der Waals surface area contributed by atoms with Gasteiger partial charge >= 0.3 is 0 Å². The maximum absolute atomic E-state index is 3.54. The number of rotatable bonds is 2. The molecule has 2 aliphatic rings. The van der Waals surface area contributed by atoms with Crippen LogP contribution < -0.4 is 10.6 Å². The van der Waals surface area contributed by atoms with Crippen molar-refractivity contribution in [1.82, 2.24) is 10.6 Å². The standard InChI is InChI=1S/C11H22N2/c1-9-5-11(8-13-9)6-10-3-2-4-12-7-10/h9-13H,2-8H2,1H3. The second-order valence-corrected chi connectivity index (χ2v) is 4.86. The molecule has 2 aliphatic heterocycles. The highest BCUT2D eigenvalue weighted by atomic mass is 14.9. The van der Waals surface area contributed by atoms with Gasteiger partial charge in [0.25, 0.3) is 0 Å². The van der Waals surface area contributed by atoms with E-state index in [-0.39, 0.29) is 0 Å². The van der Waals surface area contributed by atoms with E-state index in [1.54, 1.807) is 0 Å². The predicted molar refractivity (Wildman–Crippen MR) is 55.8 cm³/mol.